The van der Waals surface area contributed by atoms with Crippen molar-refractivity contribution in [3.8, 4) is 0 Å². The molecule has 28 heavy (non-hydrogen) atoms. The number of aliphatic imine (C=N–C) groups is 1. The summed E-state index contributed by atoms with van der Waals surface area (Å²) >= 11 is 0. The Morgan fingerprint density at radius 3 is 2.57 bits per heavy atom. The Labute approximate surface area is 181 Å². The van der Waals surface area contributed by atoms with Crippen molar-refractivity contribution in [1.82, 2.24) is 15.4 Å². The number of hydrogen-bond donors (Lipinski definition) is 1. The van der Waals surface area contributed by atoms with Crippen molar-refractivity contribution in [1.29, 1.82) is 0 Å². The van der Waals surface area contributed by atoms with Crippen molar-refractivity contribution >= 4 is 35.6 Å². The fourth-order valence-electron chi connectivity index (χ4n) is 3.06. The van der Waals surface area contributed by atoms with E-state index in [0.29, 0.717) is 38.4 Å². The van der Waals surface area contributed by atoms with Crippen LogP contribution in [0.3, 0.4) is 0 Å². The summed E-state index contributed by atoms with van der Waals surface area (Å²) in [4.78, 5) is 8.61. The van der Waals surface area contributed by atoms with Gasteiger partial charge in [-0.3, -0.25) is 0 Å². The highest BCUT2D eigenvalue weighted by atomic mass is 127. The van der Waals surface area contributed by atoms with E-state index in [4.69, 9.17) is 4.52 Å². The topological polar surface area (TPSA) is 56.9 Å². The molecular formula is C19H26F2IN5O. The smallest absolute Gasteiger partial charge is 0.194 e. The molecular weight excluding hydrogens is 479 g/mol. The van der Waals surface area contributed by atoms with Crippen LogP contribution in [0.1, 0.15) is 25.3 Å². The highest BCUT2D eigenvalue weighted by Crippen LogP contribution is 2.22. The van der Waals surface area contributed by atoms with Crippen LogP contribution in [-0.4, -0.2) is 48.7 Å². The molecule has 1 aliphatic rings. The van der Waals surface area contributed by atoms with Gasteiger partial charge in [0.2, 0.25) is 0 Å². The zero-order valence-electron chi connectivity index (χ0n) is 16.1. The molecule has 0 spiro atoms. The van der Waals surface area contributed by atoms with Crippen molar-refractivity contribution in [3.05, 3.63) is 47.4 Å². The van der Waals surface area contributed by atoms with Crippen molar-refractivity contribution in [3.63, 3.8) is 0 Å². The van der Waals surface area contributed by atoms with Crippen LogP contribution in [0, 0.1) is 11.6 Å². The molecule has 2 heterocycles. The molecule has 0 radical (unpaired) electrons. The van der Waals surface area contributed by atoms with Gasteiger partial charge in [-0.25, -0.2) is 13.8 Å². The lowest BCUT2D eigenvalue weighted by Gasteiger charge is -2.37. The maximum Gasteiger partial charge on any atom is 0.194 e. The SMILES string of the molecule is CCNC(=NCc1cc(CC)no1)N1CCN(c2cc(F)ccc2F)CC1.I. The molecule has 0 bridgehead atoms. The van der Waals surface area contributed by atoms with E-state index in [1.165, 1.54) is 12.1 Å². The lowest BCUT2D eigenvalue weighted by molar-refractivity contribution is 0.363. The molecule has 0 unspecified atom stereocenters. The predicted molar refractivity (Wildman–Crippen MR) is 116 cm³/mol. The Morgan fingerprint density at radius 1 is 1.18 bits per heavy atom. The summed E-state index contributed by atoms with van der Waals surface area (Å²) in [5, 5.41) is 7.26. The van der Waals surface area contributed by atoms with Crippen LogP contribution in [-0.2, 0) is 13.0 Å². The molecule has 0 saturated carbocycles. The van der Waals surface area contributed by atoms with Crippen molar-refractivity contribution in [2.75, 3.05) is 37.6 Å². The van der Waals surface area contributed by atoms with Gasteiger partial charge < -0.3 is 19.6 Å². The van der Waals surface area contributed by atoms with Gasteiger partial charge in [0.05, 0.1) is 11.4 Å². The van der Waals surface area contributed by atoms with Gasteiger partial charge in [0.1, 0.15) is 18.2 Å². The standard InChI is InChI=1S/C19H25F2N5O.HI/c1-3-15-12-16(27-24-15)13-23-19(22-4-2)26-9-7-25(8-10-26)18-11-14(20)5-6-17(18)21;/h5-6,11-12H,3-4,7-10,13H2,1-2H3,(H,22,23);1H. The monoisotopic (exact) mass is 505 g/mol. The van der Waals surface area contributed by atoms with Crippen LogP contribution in [0.25, 0.3) is 0 Å². The summed E-state index contributed by atoms with van der Waals surface area (Å²) in [6.07, 6.45) is 0.825. The first-order chi connectivity index (χ1) is 13.1. The quantitative estimate of drug-likeness (QED) is 0.384. The number of guanidine groups is 1. The molecule has 1 saturated heterocycles. The van der Waals surface area contributed by atoms with E-state index in [0.717, 1.165) is 36.4 Å². The molecule has 1 aromatic carbocycles. The van der Waals surface area contributed by atoms with Gasteiger partial charge in [-0.15, -0.1) is 24.0 Å². The van der Waals surface area contributed by atoms with Crippen LogP contribution in [0.5, 0.6) is 0 Å². The van der Waals surface area contributed by atoms with E-state index in [2.05, 4.69) is 20.4 Å². The molecule has 1 N–H and O–H groups in total. The number of piperazine rings is 1. The maximum absolute atomic E-state index is 14.0. The van der Waals surface area contributed by atoms with E-state index in [9.17, 15) is 8.78 Å². The number of aromatic nitrogens is 1. The Hall–Kier alpha value is -1.91. The zero-order valence-corrected chi connectivity index (χ0v) is 18.5. The van der Waals surface area contributed by atoms with Crippen LogP contribution < -0.4 is 10.2 Å². The molecule has 1 aliphatic heterocycles. The molecule has 0 atom stereocenters. The van der Waals surface area contributed by atoms with E-state index in [-0.39, 0.29) is 24.0 Å². The van der Waals surface area contributed by atoms with Gasteiger partial charge in [-0.2, -0.15) is 0 Å². The summed E-state index contributed by atoms with van der Waals surface area (Å²) in [6, 6.07) is 5.47. The summed E-state index contributed by atoms with van der Waals surface area (Å²) in [7, 11) is 0. The van der Waals surface area contributed by atoms with Gasteiger partial charge in [0.15, 0.2) is 11.7 Å². The third-order valence-electron chi connectivity index (χ3n) is 4.52. The van der Waals surface area contributed by atoms with E-state index in [1.54, 1.807) is 0 Å². The Kier molecular flexibility index (Phi) is 8.46. The fourth-order valence-corrected chi connectivity index (χ4v) is 3.06. The van der Waals surface area contributed by atoms with Crippen molar-refractivity contribution in [2.24, 2.45) is 4.99 Å². The minimum absolute atomic E-state index is 0. The van der Waals surface area contributed by atoms with Crippen LogP contribution in [0.15, 0.2) is 33.8 Å². The molecule has 0 aliphatic carbocycles. The number of benzene rings is 1. The van der Waals surface area contributed by atoms with E-state index >= 15 is 0 Å². The van der Waals surface area contributed by atoms with Crippen molar-refractivity contribution < 1.29 is 13.3 Å². The minimum Gasteiger partial charge on any atom is -0.366 e. The number of rotatable bonds is 5. The average Bonchev–Trinajstić information content (AvgIpc) is 3.15. The lowest BCUT2D eigenvalue weighted by atomic mass is 10.2. The number of nitrogens with one attached hydrogen (secondary N) is 1. The maximum atomic E-state index is 14.0. The average molecular weight is 505 g/mol. The highest BCUT2D eigenvalue weighted by Gasteiger charge is 2.22. The van der Waals surface area contributed by atoms with E-state index < -0.39 is 11.6 Å². The lowest BCUT2D eigenvalue weighted by Crippen LogP contribution is -2.52. The second-order valence-corrected chi connectivity index (χ2v) is 6.38. The number of hydrogen-bond acceptors (Lipinski definition) is 4. The Balaban J connectivity index is 0.00000280. The predicted octanol–water partition coefficient (Wildman–Crippen LogP) is 3.42. The first-order valence-corrected chi connectivity index (χ1v) is 9.28. The fraction of sp³-hybridized carbons (Fsp3) is 0.474. The highest BCUT2D eigenvalue weighted by molar-refractivity contribution is 14.0. The summed E-state index contributed by atoms with van der Waals surface area (Å²) in [5.74, 6) is 0.679. The molecule has 1 aromatic heterocycles. The Bertz CT molecular complexity index is 790. The van der Waals surface area contributed by atoms with Gasteiger partial charge in [-0.05, 0) is 25.5 Å². The third-order valence-corrected chi connectivity index (χ3v) is 4.52. The molecule has 6 nitrogen and oxygen atoms in total. The summed E-state index contributed by atoms with van der Waals surface area (Å²) in [6.45, 7) is 7.70. The minimum atomic E-state index is -0.428. The Morgan fingerprint density at radius 2 is 1.93 bits per heavy atom. The van der Waals surface area contributed by atoms with Gasteiger partial charge >= 0.3 is 0 Å². The van der Waals surface area contributed by atoms with Crippen LogP contribution in [0.4, 0.5) is 14.5 Å². The zero-order chi connectivity index (χ0) is 19.2. The van der Waals surface area contributed by atoms with Crippen LogP contribution in [0.2, 0.25) is 0 Å². The molecule has 2 aromatic rings. The number of aryl methyl sites for hydroxylation is 1. The molecule has 154 valence electrons. The molecule has 0 amide bonds. The van der Waals surface area contributed by atoms with E-state index in [1.807, 2.05) is 24.8 Å². The van der Waals surface area contributed by atoms with Gasteiger partial charge in [0.25, 0.3) is 0 Å². The second-order valence-electron chi connectivity index (χ2n) is 6.38. The molecule has 9 heteroatoms. The van der Waals surface area contributed by atoms with Crippen molar-refractivity contribution in [2.45, 2.75) is 26.8 Å². The van der Waals surface area contributed by atoms with Gasteiger partial charge in [0, 0.05) is 44.9 Å². The number of anilines is 1. The third kappa shape index (κ3) is 5.55. The normalized spacial score (nSPS) is 14.8. The van der Waals surface area contributed by atoms with Gasteiger partial charge in [-0.1, -0.05) is 12.1 Å². The molecule has 3 rings (SSSR count). The largest absolute Gasteiger partial charge is 0.366 e. The first-order valence-electron chi connectivity index (χ1n) is 9.28. The number of nitrogens with zero attached hydrogens (tertiary/aromatic N) is 4. The summed E-state index contributed by atoms with van der Waals surface area (Å²) in [5.41, 5.74) is 1.22. The second kappa shape index (κ2) is 10.6. The molecule has 1 fully saturated rings. The van der Waals surface area contributed by atoms with Crippen LogP contribution >= 0.6 is 24.0 Å². The summed E-state index contributed by atoms with van der Waals surface area (Å²) < 4.78 is 32.7. The number of halogens is 3. The first kappa shape index (κ1) is 22.4.